The second-order valence-electron chi connectivity index (χ2n) is 7.06. The molecule has 2 aromatic heterocycles. The van der Waals surface area contributed by atoms with Crippen LogP contribution in [0.3, 0.4) is 0 Å². The molecule has 0 aliphatic rings. The van der Waals surface area contributed by atoms with Crippen molar-refractivity contribution in [3.05, 3.63) is 64.3 Å². The molecule has 1 amide bonds. The topological polar surface area (TPSA) is 81.9 Å². The molecular formula is C22H26ClN5O2. The first kappa shape index (κ1) is 21.8. The molecule has 0 fully saturated rings. The number of nitrogens with one attached hydrogen (secondary N) is 1. The monoisotopic (exact) mass is 427 g/mol. The van der Waals surface area contributed by atoms with Gasteiger partial charge in [0.15, 0.2) is 5.82 Å². The van der Waals surface area contributed by atoms with E-state index in [1.54, 1.807) is 10.9 Å². The fourth-order valence-electron chi connectivity index (χ4n) is 3.09. The standard InChI is InChI=1S/C22H26ClN5O2/c1-4-5-9-30-18-8-6-7-17(10-18)12-25-22(29)11-19-15(2)27-28(16(19)3)21-14-24-13-20(23)26-21/h6-8,10,13-14H,4-5,9,11-12H2,1-3H3,(H,25,29). The Balaban J connectivity index is 1.62. The maximum Gasteiger partial charge on any atom is 0.224 e. The number of amides is 1. The average Bonchev–Trinajstić information content (AvgIpc) is 3.01. The number of rotatable bonds is 9. The molecule has 0 atom stereocenters. The average molecular weight is 428 g/mol. The molecule has 0 bridgehead atoms. The van der Waals surface area contributed by atoms with Crippen molar-refractivity contribution in [3.63, 3.8) is 0 Å². The predicted octanol–water partition coefficient (Wildman–Crippen LogP) is 3.97. The molecule has 1 N–H and O–H groups in total. The Morgan fingerprint density at radius 3 is 2.87 bits per heavy atom. The summed E-state index contributed by atoms with van der Waals surface area (Å²) in [5.74, 6) is 1.27. The van der Waals surface area contributed by atoms with Gasteiger partial charge >= 0.3 is 0 Å². The van der Waals surface area contributed by atoms with Crippen LogP contribution in [0.15, 0.2) is 36.7 Å². The summed E-state index contributed by atoms with van der Waals surface area (Å²) < 4.78 is 7.39. The van der Waals surface area contributed by atoms with Gasteiger partial charge in [0.05, 0.1) is 31.1 Å². The molecule has 158 valence electrons. The van der Waals surface area contributed by atoms with Gasteiger partial charge < -0.3 is 10.1 Å². The normalized spacial score (nSPS) is 10.8. The van der Waals surface area contributed by atoms with E-state index in [2.05, 4.69) is 27.3 Å². The number of hydrogen-bond acceptors (Lipinski definition) is 5. The summed E-state index contributed by atoms with van der Waals surface area (Å²) in [5, 5.41) is 7.76. The van der Waals surface area contributed by atoms with Crippen LogP contribution in [0.4, 0.5) is 0 Å². The number of ether oxygens (including phenoxy) is 1. The van der Waals surface area contributed by atoms with Crippen molar-refractivity contribution in [2.75, 3.05) is 6.61 Å². The minimum atomic E-state index is -0.0739. The molecule has 1 aromatic carbocycles. The number of carbonyl (C=O) groups excluding carboxylic acids is 1. The van der Waals surface area contributed by atoms with Crippen LogP contribution in [0.25, 0.3) is 5.82 Å². The lowest BCUT2D eigenvalue weighted by Crippen LogP contribution is -2.25. The number of carbonyl (C=O) groups is 1. The Morgan fingerprint density at radius 1 is 1.27 bits per heavy atom. The lowest BCUT2D eigenvalue weighted by molar-refractivity contribution is -0.120. The quantitative estimate of drug-likeness (QED) is 0.522. The Labute approximate surface area is 181 Å². The summed E-state index contributed by atoms with van der Waals surface area (Å²) in [5.41, 5.74) is 3.47. The van der Waals surface area contributed by atoms with E-state index < -0.39 is 0 Å². The number of halogens is 1. The van der Waals surface area contributed by atoms with Gasteiger partial charge in [-0.05, 0) is 38.0 Å². The summed E-state index contributed by atoms with van der Waals surface area (Å²) in [6, 6.07) is 7.80. The van der Waals surface area contributed by atoms with Crippen LogP contribution in [0.1, 0.15) is 42.3 Å². The lowest BCUT2D eigenvalue weighted by Gasteiger charge is -2.09. The number of aryl methyl sites for hydroxylation is 1. The number of benzene rings is 1. The van der Waals surface area contributed by atoms with Crippen molar-refractivity contribution in [2.24, 2.45) is 0 Å². The number of nitrogens with zero attached hydrogens (tertiary/aromatic N) is 4. The zero-order valence-electron chi connectivity index (χ0n) is 17.5. The molecular weight excluding hydrogens is 402 g/mol. The number of unbranched alkanes of at least 4 members (excludes halogenated alkanes) is 1. The molecule has 7 nitrogen and oxygen atoms in total. The lowest BCUT2D eigenvalue weighted by atomic mass is 10.1. The van der Waals surface area contributed by atoms with E-state index in [1.807, 2.05) is 38.1 Å². The van der Waals surface area contributed by atoms with Crippen LogP contribution in [0.5, 0.6) is 5.75 Å². The molecule has 0 aliphatic carbocycles. The first-order chi connectivity index (χ1) is 14.5. The summed E-state index contributed by atoms with van der Waals surface area (Å²) in [6.45, 7) is 7.05. The van der Waals surface area contributed by atoms with Crippen LogP contribution < -0.4 is 10.1 Å². The van der Waals surface area contributed by atoms with E-state index in [4.69, 9.17) is 16.3 Å². The van der Waals surface area contributed by atoms with Crippen molar-refractivity contribution < 1.29 is 9.53 Å². The smallest absolute Gasteiger partial charge is 0.224 e. The second-order valence-corrected chi connectivity index (χ2v) is 7.45. The summed E-state index contributed by atoms with van der Waals surface area (Å²) in [4.78, 5) is 20.8. The molecule has 0 radical (unpaired) electrons. The second kappa shape index (κ2) is 10.2. The molecule has 0 saturated carbocycles. The Kier molecular flexibility index (Phi) is 7.41. The van der Waals surface area contributed by atoms with Crippen molar-refractivity contribution in [1.29, 1.82) is 0 Å². The maximum atomic E-state index is 12.6. The van der Waals surface area contributed by atoms with Crippen LogP contribution in [-0.2, 0) is 17.8 Å². The van der Waals surface area contributed by atoms with Crippen LogP contribution in [-0.4, -0.2) is 32.3 Å². The molecule has 0 saturated heterocycles. The third kappa shape index (κ3) is 5.57. The largest absolute Gasteiger partial charge is 0.494 e. The maximum absolute atomic E-state index is 12.6. The van der Waals surface area contributed by atoms with Gasteiger partial charge in [-0.1, -0.05) is 37.1 Å². The highest BCUT2D eigenvalue weighted by Crippen LogP contribution is 2.18. The molecule has 0 aliphatic heterocycles. The SMILES string of the molecule is CCCCOc1cccc(CNC(=O)Cc2c(C)nn(-c3cncc(Cl)n3)c2C)c1. The van der Waals surface area contributed by atoms with Crippen molar-refractivity contribution in [2.45, 2.75) is 46.6 Å². The Bertz CT molecular complexity index is 1020. The minimum Gasteiger partial charge on any atom is -0.494 e. The van der Waals surface area contributed by atoms with Gasteiger partial charge in [0.2, 0.25) is 5.91 Å². The van der Waals surface area contributed by atoms with Gasteiger partial charge in [-0.25, -0.2) is 9.67 Å². The van der Waals surface area contributed by atoms with Crippen molar-refractivity contribution in [3.8, 4) is 11.6 Å². The molecule has 8 heteroatoms. The highest BCUT2D eigenvalue weighted by Gasteiger charge is 2.17. The highest BCUT2D eigenvalue weighted by atomic mass is 35.5. The number of aromatic nitrogens is 4. The van der Waals surface area contributed by atoms with Gasteiger partial charge in [0.25, 0.3) is 0 Å². The molecule has 3 aromatic rings. The van der Waals surface area contributed by atoms with Gasteiger partial charge in [0, 0.05) is 17.8 Å². The summed E-state index contributed by atoms with van der Waals surface area (Å²) >= 11 is 5.94. The van der Waals surface area contributed by atoms with E-state index in [0.29, 0.717) is 24.1 Å². The zero-order valence-corrected chi connectivity index (χ0v) is 18.2. The van der Waals surface area contributed by atoms with Crippen LogP contribution in [0, 0.1) is 13.8 Å². The zero-order chi connectivity index (χ0) is 21.5. The van der Waals surface area contributed by atoms with Crippen LogP contribution >= 0.6 is 11.6 Å². The van der Waals surface area contributed by atoms with Gasteiger partial charge in [-0.3, -0.25) is 9.78 Å². The van der Waals surface area contributed by atoms with E-state index in [9.17, 15) is 4.79 Å². The molecule has 0 unspecified atom stereocenters. The van der Waals surface area contributed by atoms with Crippen molar-refractivity contribution >= 4 is 17.5 Å². The van der Waals surface area contributed by atoms with E-state index in [-0.39, 0.29) is 12.3 Å². The predicted molar refractivity (Wildman–Crippen MR) is 116 cm³/mol. The fraction of sp³-hybridized carbons (Fsp3) is 0.364. The van der Waals surface area contributed by atoms with E-state index in [0.717, 1.165) is 41.1 Å². The third-order valence-electron chi connectivity index (χ3n) is 4.74. The Hall–Kier alpha value is -2.93. The van der Waals surface area contributed by atoms with Crippen molar-refractivity contribution in [1.82, 2.24) is 25.1 Å². The molecule has 30 heavy (non-hydrogen) atoms. The van der Waals surface area contributed by atoms with E-state index in [1.165, 1.54) is 6.20 Å². The van der Waals surface area contributed by atoms with Gasteiger partial charge in [0.1, 0.15) is 10.9 Å². The van der Waals surface area contributed by atoms with Crippen LogP contribution in [0.2, 0.25) is 5.15 Å². The van der Waals surface area contributed by atoms with E-state index >= 15 is 0 Å². The third-order valence-corrected chi connectivity index (χ3v) is 4.92. The van der Waals surface area contributed by atoms with Gasteiger partial charge in [-0.2, -0.15) is 5.10 Å². The molecule has 0 spiro atoms. The first-order valence-electron chi connectivity index (χ1n) is 9.99. The minimum absolute atomic E-state index is 0.0739. The fourth-order valence-corrected chi connectivity index (χ4v) is 3.23. The first-order valence-corrected chi connectivity index (χ1v) is 10.4. The molecule has 2 heterocycles. The van der Waals surface area contributed by atoms with Gasteiger partial charge in [-0.15, -0.1) is 0 Å². The summed E-state index contributed by atoms with van der Waals surface area (Å²) in [6.07, 6.45) is 5.40. The molecule has 3 rings (SSSR count). The number of hydrogen-bond donors (Lipinski definition) is 1. The highest BCUT2D eigenvalue weighted by molar-refractivity contribution is 6.29. The summed E-state index contributed by atoms with van der Waals surface area (Å²) in [7, 11) is 0. The Morgan fingerprint density at radius 2 is 2.10 bits per heavy atom.